The topological polar surface area (TPSA) is 86.3 Å². The summed E-state index contributed by atoms with van der Waals surface area (Å²) in [5.74, 6) is 0.609. The number of carbonyl (C=O) groups excluding carboxylic acids is 1. The molecule has 148 valence electrons. The van der Waals surface area contributed by atoms with Crippen molar-refractivity contribution in [2.75, 3.05) is 14.2 Å². The second-order valence-electron chi connectivity index (χ2n) is 6.84. The quantitative estimate of drug-likeness (QED) is 0.519. The Bertz CT molecular complexity index is 1180. The summed E-state index contributed by atoms with van der Waals surface area (Å²) < 4.78 is 12.3. The maximum absolute atomic E-state index is 13.3. The average Bonchev–Trinajstić information content (AvgIpc) is 3.32. The zero-order valence-electron chi connectivity index (χ0n) is 16.7. The maximum Gasteiger partial charge on any atom is 0.259 e. The lowest BCUT2D eigenvalue weighted by Gasteiger charge is -2.18. The fraction of sp³-hybridized carbons (Fsp3) is 0.238. The van der Waals surface area contributed by atoms with E-state index in [9.17, 15) is 4.79 Å². The minimum absolute atomic E-state index is 0.139. The summed E-state index contributed by atoms with van der Waals surface area (Å²) in [5, 5.41) is 8.80. The Balaban J connectivity index is 1.76. The molecule has 0 atom stereocenters. The van der Waals surface area contributed by atoms with Gasteiger partial charge in [0.15, 0.2) is 0 Å². The Morgan fingerprint density at radius 2 is 2.00 bits per heavy atom. The van der Waals surface area contributed by atoms with Crippen LogP contribution in [0.25, 0.3) is 22.4 Å². The molecular formula is C21H21N5O3. The molecule has 0 aliphatic rings. The third-order valence-electron chi connectivity index (χ3n) is 4.90. The minimum atomic E-state index is -0.139. The number of methoxy groups -OCH3 is 1. The average molecular weight is 391 g/mol. The molecule has 0 aliphatic heterocycles. The van der Waals surface area contributed by atoms with Gasteiger partial charge in [0, 0.05) is 25.9 Å². The summed E-state index contributed by atoms with van der Waals surface area (Å²) in [7, 11) is 5.23. The number of aryl methyl sites for hydroxylation is 2. The van der Waals surface area contributed by atoms with Gasteiger partial charge in [-0.3, -0.25) is 9.48 Å². The van der Waals surface area contributed by atoms with Gasteiger partial charge in [0.1, 0.15) is 5.75 Å². The fourth-order valence-electron chi connectivity index (χ4n) is 3.25. The number of carbonyl (C=O) groups is 1. The molecule has 0 fully saturated rings. The molecule has 0 radical (unpaired) electrons. The van der Waals surface area contributed by atoms with Crippen molar-refractivity contribution in [3.63, 3.8) is 0 Å². The zero-order chi connectivity index (χ0) is 20.5. The van der Waals surface area contributed by atoms with E-state index in [2.05, 4.69) is 15.2 Å². The lowest BCUT2D eigenvalue weighted by Crippen LogP contribution is -2.27. The number of hydrogen-bond donors (Lipinski definition) is 0. The van der Waals surface area contributed by atoms with Gasteiger partial charge >= 0.3 is 0 Å². The van der Waals surface area contributed by atoms with Gasteiger partial charge in [0.25, 0.3) is 11.6 Å². The van der Waals surface area contributed by atoms with Gasteiger partial charge in [-0.1, -0.05) is 5.16 Å². The highest BCUT2D eigenvalue weighted by Gasteiger charge is 2.22. The van der Waals surface area contributed by atoms with Crippen LogP contribution >= 0.6 is 0 Å². The van der Waals surface area contributed by atoms with Crippen molar-refractivity contribution in [1.82, 2.24) is 24.8 Å². The monoisotopic (exact) mass is 391 g/mol. The molecule has 0 saturated heterocycles. The second kappa shape index (κ2) is 7.38. The van der Waals surface area contributed by atoms with Gasteiger partial charge in [-0.05, 0) is 43.3 Å². The van der Waals surface area contributed by atoms with Gasteiger partial charge in [0.2, 0.25) is 0 Å². The SMILES string of the molecule is COc1ccc(-c2cc(C(=O)N(C)Cc3ccnn3C)c3c(C)noc3n2)cc1. The molecule has 0 aliphatic carbocycles. The fourth-order valence-corrected chi connectivity index (χ4v) is 3.25. The Morgan fingerprint density at radius 3 is 2.66 bits per heavy atom. The van der Waals surface area contributed by atoms with Crippen LogP contribution in [0.2, 0.25) is 0 Å². The smallest absolute Gasteiger partial charge is 0.259 e. The number of benzene rings is 1. The lowest BCUT2D eigenvalue weighted by molar-refractivity contribution is 0.0784. The first-order valence-electron chi connectivity index (χ1n) is 9.11. The van der Waals surface area contributed by atoms with Crippen LogP contribution in [-0.4, -0.2) is 44.9 Å². The summed E-state index contributed by atoms with van der Waals surface area (Å²) in [5.41, 5.74) is 3.89. The predicted molar refractivity (Wildman–Crippen MR) is 108 cm³/mol. The van der Waals surface area contributed by atoms with Gasteiger partial charge in [-0.25, -0.2) is 4.98 Å². The lowest BCUT2D eigenvalue weighted by atomic mass is 10.0. The minimum Gasteiger partial charge on any atom is -0.497 e. The van der Waals surface area contributed by atoms with Crippen molar-refractivity contribution in [3.8, 4) is 17.0 Å². The van der Waals surface area contributed by atoms with Crippen LogP contribution in [0.15, 0.2) is 47.1 Å². The largest absolute Gasteiger partial charge is 0.497 e. The number of ether oxygens (including phenoxy) is 1. The first-order chi connectivity index (χ1) is 14.0. The molecule has 0 unspecified atom stereocenters. The third kappa shape index (κ3) is 3.44. The van der Waals surface area contributed by atoms with Gasteiger partial charge in [-0.15, -0.1) is 0 Å². The molecule has 0 spiro atoms. The Kier molecular flexibility index (Phi) is 4.75. The highest BCUT2D eigenvalue weighted by atomic mass is 16.5. The maximum atomic E-state index is 13.3. The Labute approximate surface area is 167 Å². The van der Waals surface area contributed by atoms with Crippen LogP contribution in [0.3, 0.4) is 0 Å². The summed E-state index contributed by atoms with van der Waals surface area (Å²) in [4.78, 5) is 19.5. The number of amides is 1. The summed E-state index contributed by atoms with van der Waals surface area (Å²) >= 11 is 0. The van der Waals surface area contributed by atoms with E-state index < -0.39 is 0 Å². The summed E-state index contributed by atoms with van der Waals surface area (Å²) in [6.45, 7) is 2.24. The molecule has 29 heavy (non-hydrogen) atoms. The Morgan fingerprint density at radius 1 is 1.24 bits per heavy atom. The van der Waals surface area contributed by atoms with Crippen molar-refractivity contribution >= 4 is 17.0 Å². The van der Waals surface area contributed by atoms with E-state index in [1.54, 1.807) is 42.9 Å². The molecule has 1 aromatic carbocycles. The van der Waals surface area contributed by atoms with Crippen molar-refractivity contribution < 1.29 is 14.1 Å². The van der Waals surface area contributed by atoms with Crippen LogP contribution < -0.4 is 4.74 Å². The third-order valence-corrected chi connectivity index (χ3v) is 4.90. The van der Waals surface area contributed by atoms with Crippen LogP contribution in [-0.2, 0) is 13.6 Å². The number of fused-ring (bicyclic) bond motifs is 1. The number of nitrogens with zero attached hydrogens (tertiary/aromatic N) is 5. The molecule has 0 saturated carbocycles. The molecule has 0 bridgehead atoms. The normalized spacial score (nSPS) is 11.0. The molecule has 0 N–H and O–H groups in total. The molecule has 8 heteroatoms. The highest BCUT2D eigenvalue weighted by Crippen LogP contribution is 2.29. The molecule has 3 heterocycles. The van der Waals surface area contributed by atoms with Gasteiger partial charge in [0.05, 0.1) is 41.7 Å². The van der Waals surface area contributed by atoms with E-state index in [-0.39, 0.29) is 5.91 Å². The molecule has 4 aromatic rings. The highest BCUT2D eigenvalue weighted by molar-refractivity contribution is 6.06. The molecule has 8 nitrogen and oxygen atoms in total. The Hall–Kier alpha value is -3.68. The zero-order valence-corrected chi connectivity index (χ0v) is 16.7. The van der Waals surface area contributed by atoms with E-state index in [4.69, 9.17) is 9.26 Å². The van der Waals surface area contributed by atoms with E-state index in [1.165, 1.54) is 0 Å². The van der Waals surface area contributed by atoms with Gasteiger partial charge < -0.3 is 14.2 Å². The first-order valence-corrected chi connectivity index (χ1v) is 9.11. The molecule has 3 aromatic heterocycles. The van der Waals surface area contributed by atoms with E-state index in [0.29, 0.717) is 34.6 Å². The van der Waals surface area contributed by atoms with Crippen molar-refractivity contribution in [3.05, 3.63) is 59.5 Å². The number of rotatable bonds is 5. The number of pyridine rings is 1. The van der Waals surface area contributed by atoms with Crippen LogP contribution in [0.4, 0.5) is 0 Å². The van der Waals surface area contributed by atoms with E-state index >= 15 is 0 Å². The molecular weight excluding hydrogens is 370 g/mol. The predicted octanol–water partition coefficient (Wildman–Crippen LogP) is 3.21. The van der Waals surface area contributed by atoms with Crippen LogP contribution in [0, 0.1) is 6.92 Å². The van der Waals surface area contributed by atoms with Crippen molar-refractivity contribution in [2.24, 2.45) is 7.05 Å². The second-order valence-corrected chi connectivity index (χ2v) is 6.84. The first kappa shape index (κ1) is 18.7. The summed E-state index contributed by atoms with van der Waals surface area (Å²) in [6, 6.07) is 11.2. The number of aromatic nitrogens is 4. The standard InChI is InChI=1S/C21H21N5O3/c1-13-19-17(21(27)25(2)12-15-9-10-22-26(15)3)11-18(23-20(19)29-24-13)14-5-7-16(28-4)8-6-14/h5-11H,12H2,1-4H3. The van der Waals surface area contributed by atoms with Crippen LogP contribution in [0.5, 0.6) is 5.75 Å². The van der Waals surface area contributed by atoms with E-state index in [0.717, 1.165) is 17.0 Å². The van der Waals surface area contributed by atoms with Gasteiger partial charge in [-0.2, -0.15) is 5.10 Å². The molecule has 4 rings (SSSR count). The summed E-state index contributed by atoms with van der Waals surface area (Å²) in [6.07, 6.45) is 1.71. The van der Waals surface area contributed by atoms with Crippen LogP contribution in [0.1, 0.15) is 21.7 Å². The molecule has 1 amide bonds. The van der Waals surface area contributed by atoms with E-state index in [1.807, 2.05) is 37.4 Å². The van der Waals surface area contributed by atoms with Crippen molar-refractivity contribution in [1.29, 1.82) is 0 Å². The van der Waals surface area contributed by atoms with Crippen molar-refractivity contribution in [2.45, 2.75) is 13.5 Å². The number of hydrogen-bond acceptors (Lipinski definition) is 6.